The second kappa shape index (κ2) is 14.0. The first-order chi connectivity index (χ1) is 22.8. The van der Waals surface area contributed by atoms with Gasteiger partial charge in [0.15, 0.2) is 16.3 Å². The first-order valence-corrected chi connectivity index (χ1v) is 16.9. The van der Waals surface area contributed by atoms with Crippen LogP contribution >= 0.6 is 27.3 Å². The number of aromatic nitrogens is 1. The molecule has 0 spiro atoms. The Balaban J connectivity index is 1.60. The maximum Gasteiger partial charge on any atom is 0.338 e. The van der Waals surface area contributed by atoms with E-state index in [4.69, 9.17) is 23.6 Å². The lowest BCUT2D eigenvalue weighted by Gasteiger charge is -2.27. The van der Waals surface area contributed by atoms with E-state index in [1.54, 1.807) is 30.7 Å². The van der Waals surface area contributed by atoms with Gasteiger partial charge in [0.2, 0.25) is 0 Å². The molecule has 1 atom stereocenters. The van der Waals surface area contributed by atoms with Gasteiger partial charge in [-0.3, -0.25) is 9.36 Å². The minimum Gasteiger partial charge on any atom is -0.493 e. The lowest BCUT2D eigenvalue weighted by atomic mass is 9.92. The van der Waals surface area contributed by atoms with Crippen LogP contribution < -0.4 is 24.4 Å². The summed E-state index contributed by atoms with van der Waals surface area (Å²) in [6.45, 7) is 6.34. The number of carbonyl (C=O) groups is 1. The van der Waals surface area contributed by atoms with Crippen LogP contribution in [0.5, 0.6) is 11.5 Å². The number of furan rings is 1. The Morgan fingerprint density at radius 3 is 2.60 bits per heavy atom. The van der Waals surface area contributed by atoms with Crippen LogP contribution in [0.3, 0.4) is 0 Å². The number of methoxy groups -OCH3 is 1. The van der Waals surface area contributed by atoms with Gasteiger partial charge in [-0.1, -0.05) is 82.7 Å². The zero-order valence-corrected chi connectivity index (χ0v) is 28.8. The van der Waals surface area contributed by atoms with Gasteiger partial charge >= 0.3 is 5.97 Å². The molecule has 0 radical (unpaired) electrons. The number of benzene rings is 3. The first-order valence-electron chi connectivity index (χ1n) is 15.3. The molecule has 10 heteroatoms. The number of aryl methyl sites for hydroxylation is 1. The van der Waals surface area contributed by atoms with Crippen LogP contribution in [0.15, 0.2) is 103 Å². The molecule has 240 valence electrons. The van der Waals surface area contributed by atoms with E-state index in [0.717, 1.165) is 27.6 Å². The van der Waals surface area contributed by atoms with Crippen LogP contribution in [0, 0.1) is 6.92 Å². The van der Waals surface area contributed by atoms with Gasteiger partial charge in [0, 0.05) is 27.2 Å². The summed E-state index contributed by atoms with van der Waals surface area (Å²) in [7, 11) is 1.56. The van der Waals surface area contributed by atoms with Crippen molar-refractivity contribution in [1.29, 1.82) is 0 Å². The molecule has 3 heterocycles. The van der Waals surface area contributed by atoms with Crippen molar-refractivity contribution in [2.24, 2.45) is 4.99 Å². The fourth-order valence-electron chi connectivity index (χ4n) is 5.53. The summed E-state index contributed by atoms with van der Waals surface area (Å²) in [6.07, 6.45) is 2.46. The van der Waals surface area contributed by atoms with Gasteiger partial charge in [-0.25, -0.2) is 9.79 Å². The molecule has 6 rings (SSSR count). The molecule has 1 aliphatic heterocycles. The van der Waals surface area contributed by atoms with Crippen molar-refractivity contribution >= 4 is 45.0 Å². The Kier molecular flexibility index (Phi) is 9.60. The highest BCUT2D eigenvalue weighted by Gasteiger charge is 2.37. The lowest BCUT2D eigenvalue weighted by Crippen LogP contribution is -2.40. The molecule has 0 saturated carbocycles. The smallest absolute Gasteiger partial charge is 0.338 e. The number of carbonyl (C=O) groups excluding carboxylic acids is 1. The van der Waals surface area contributed by atoms with Crippen LogP contribution in [0.1, 0.15) is 48.8 Å². The third-order valence-corrected chi connectivity index (χ3v) is 9.28. The standard InChI is InChI=1S/C37H33BrN2O6S/c1-5-19-45-34-26(13-10-14-29(34)43-4)33-31(36(42)44-6-2)32(23-11-8-7-9-12-23)39-37-40(33)35(41)30(47-37)21-24-16-18-28(46-24)25-17-15-22(3)20-27(25)38/h7-18,20-21,33H,5-6,19H2,1-4H3/b30-21+/t33-/m1/s1. The molecular formula is C37H33BrN2O6S. The number of nitrogens with zero attached hydrogens (tertiary/aromatic N) is 2. The summed E-state index contributed by atoms with van der Waals surface area (Å²) in [5.41, 5.74) is 3.66. The number of fused-ring (bicyclic) bond motifs is 1. The van der Waals surface area contributed by atoms with Crippen molar-refractivity contribution in [3.63, 3.8) is 0 Å². The molecule has 0 saturated heterocycles. The van der Waals surface area contributed by atoms with Crippen molar-refractivity contribution in [3.05, 3.63) is 131 Å². The summed E-state index contributed by atoms with van der Waals surface area (Å²) in [4.78, 5) is 33.7. The van der Waals surface area contributed by atoms with Crippen LogP contribution in [0.25, 0.3) is 23.1 Å². The van der Waals surface area contributed by atoms with E-state index in [9.17, 15) is 9.59 Å². The summed E-state index contributed by atoms with van der Waals surface area (Å²) in [6, 6.07) is 23.7. The molecule has 47 heavy (non-hydrogen) atoms. The summed E-state index contributed by atoms with van der Waals surface area (Å²) in [5.74, 6) is 1.55. The van der Waals surface area contributed by atoms with Crippen molar-refractivity contribution in [3.8, 4) is 22.8 Å². The highest BCUT2D eigenvalue weighted by Crippen LogP contribution is 2.42. The minimum atomic E-state index is -0.916. The Labute approximate surface area is 284 Å². The Bertz CT molecular complexity index is 2160. The average molecular weight is 714 g/mol. The fourth-order valence-corrected chi connectivity index (χ4v) is 7.20. The highest BCUT2D eigenvalue weighted by molar-refractivity contribution is 9.10. The van der Waals surface area contributed by atoms with Gasteiger partial charge in [0.05, 0.1) is 36.1 Å². The van der Waals surface area contributed by atoms with Gasteiger partial charge in [0.1, 0.15) is 17.6 Å². The third-order valence-electron chi connectivity index (χ3n) is 7.64. The van der Waals surface area contributed by atoms with Crippen molar-refractivity contribution in [1.82, 2.24) is 4.57 Å². The number of hydrogen-bond donors (Lipinski definition) is 0. The van der Waals surface area contributed by atoms with E-state index in [2.05, 4.69) is 15.9 Å². The van der Waals surface area contributed by atoms with E-state index in [-0.39, 0.29) is 17.7 Å². The van der Waals surface area contributed by atoms with Crippen LogP contribution in [0.4, 0.5) is 0 Å². The molecule has 2 aromatic heterocycles. The van der Waals surface area contributed by atoms with Gasteiger partial charge in [-0.15, -0.1) is 0 Å². The van der Waals surface area contributed by atoms with E-state index in [1.165, 1.54) is 11.3 Å². The molecule has 0 N–H and O–H groups in total. The largest absolute Gasteiger partial charge is 0.493 e. The monoisotopic (exact) mass is 712 g/mol. The van der Waals surface area contributed by atoms with Crippen LogP contribution in [0.2, 0.25) is 0 Å². The second-order valence-electron chi connectivity index (χ2n) is 10.8. The highest BCUT2D eigenvalue weighted by atomic mass is 79.9. The van der Waals surface area contributed by atoms with E-state index in [0.29, 0.717) is 50.2 Å². The minimum absolute atomic E-state index is 0.150. The fraction of sp³-hybridized carbons (Fsp3) is 0.216. The summed E-state index contributed by atoms with van der Waals surface area (Å²) >= 11 is 4.85. The SMILES string of the molecule is CCCOc1c(OC)cccc1[C@@H]1C(C(=O)OCC)=C(c2ccccc2)N=c2s/c(=C/c3ccc(-c4ccc(C)cc4Br)o3)c(=O)n21. The number of ether oxygens (including phenoxy) is 3. The van der Waals surface area contributed by atoms with Gasteiger partial charge in [-0.05, 0) is 56.2 Å². The molecular weight excluding hydrogens is 680 g/mol. The lowest BCUT2D eigenvalue weighted by molar-refractivity contribution is -0.138. The zero-order valence-electron chi connectivity index (χ0n) is 26.4. The molecule has 1 aliphatic rings. The zero-order chi connectivity index (χ0) is 33.1. The quantitative estimate of drug-likeness (QED) is 0.144. The first kappa shape index (κ1) is 32.3. The maximum absolute atomic E-state index is 14.4. The molecule has 8 nitrogen and oxygen atoms in total. The van der Waals surface area contributed by atoms with Gasteiger partial charge in [-0.2, -0.15) is 0 Å². The number of halogens is 1. The van der Waals surface area contributed by atoms with Crippen molar-refractivity contribution < 1.29 is 23.4 Å². The number of rotatable bonds is 10. The van der Waals surface area contributed by atoms with Crippen molar-refractivity contribution in [2.75, 3.05) is 20.3 Å². The average Bonchev–Trinajstić information content (AvgIpc) is 3.66. The molecule has 5 aromatic rings. The predicted molar refractivity (Wildman–Crippen MR) is 186 cm³/mol. The van der Waals surface area contributed by atoms with Crippen LogP contribution in [-0.4, -0.2) is 30.9 Å². The van der Waals surface area contributed by atoms with Crippen LogP contribution in [-0.2, 0) is 9.53 Å². The Hall–Kier alpha value is -4.67. The van der Waals surface area contributed by atoms with E-state index in [1.807, 2.05) is 86.6 Å². The number of para-hydroxylation sites is 1. The van der Waals surface area contributed by atoms with E-state index < -0.39 is 12.0 Å². The summed E-state index contributed by atoms with van der Waals surface area (Å²) in [5, 5.41) is 0. The third kappa shape index (κ3) is 6.35. The number of esters is 1. The van der Waals surface area contributed by atoms with Gasteiger partial charge in [0.25, 0.3) is 5.56 Å². The number of thiazole rings is 1. The number of hydrogen-bond acceptors (Lipinski definition) is 8. The Morgan fingerprint density at radius 1 is 1.06 bits per heavy atom. The second-order valence-corrected chi connectivity index (χ2v) is 12.7. The van der Waals surface area contributed by atoms with Crippen molar-refractivity contribution in [2.45, 2.75) is 33.2 Å². The van der Waals surface area contributed by atoms with E-state index >= 15 is 0 Å². The van der Waals surface area contributed by atoms with Gasteiger partial charge < -0.3 is 18.6 Å². The molecule has 0 amide bonds. The molecule has 0 aliphatic carbocycles. The topological polar surface area (TPSA) is 92.3 Å². The summed E-state index contributed by atoms with van der Waals surface area (Å²) < 4.78 is 26.6. The molecule has 0 unspecified atom stereocenters. The maximum atomic E-state index is 14.4. The predicted octanol–water partition coefficient (Wildman–Crippen LogP) is 7.06. The molecule has 0 bridgehead atoms. The molecule has 3 aromatic carbocycles. The molecule has 0 fully saturated rings. The normalized spacial score (nSPS) is 14.5. The Morgan fingerprint density at radius 2 is 1.87 bits per heavy atom.